The van der Waals surface area contributed by atoms with Gasteiger partial charge in [-0.05, 0) is 24.3 Å². The number of nitriles is 1. The van der Waals surface area contributed by atoms with E-state index in [1.807, 2.05) is 60.0 Å². The molecule has 0 aliphatic rings. The minimum Gasteiger partial charge on any atom is -0.277 e. The van der Waals surface area contributed by atoms with Crippen molar-refractivity contribution in [3.05, 3.63) is 69.5 Å². The molecule has 0 aliphatic carbocycles. The van der Waals surface area contributed by atoms with Gasteiger partial charge in [0.05, 0.1) is 11.4 Å². The lowest BCUT2D eigenvalue weighted by molar-refractivity contribution is 1.31. The number of para-hydroxylation sites is 1. The fourth-order valence-corrected chi connectivity index (χ4v) is 2.92. The van der Waals surface area contributed by atoms with Crippen LogP contribution in [0.5, 0.6) is 0 Å². The molecule has 0 atom stereocenters. The Morgan fingerprint density at radius 3 is 2.57 bits per heavy atom. The summed E-state index contributed by atoms with van der Waals surface area (Å²) in [6.45, 7) is 0. The highest BCUT2D eigenvalue weighted by Crippen LogP contribution is 2.24. The Morgan fingerprint density at radius 2 is 1.87 bits per heavy atom. The maximum absolute atomic E-state index is 9.31. The highest BCUT2D eigenvalue weighted by molar-refractivity contribution is 9.10. The maximum Gasteiger partial charge on any atom is 0.196 e. The summed E-state index contributed by atoms with van der Waals surface area (Å²) in [5.41, 5.74) is 5.80. The molecule has 3 aromatic rings. The van der Waals surface area contributed by atoms with E-state index in [4.69, 9.17) is 0 Å². The molecule has 0 unspecified atom stereocenters. The van der Waals surface area contributed by atoms with Crippen LogP contribution in [0.4, 0.5) is 5.69 Å². The number of aromatic nitrogens is 1. The standard InChI is InChI=1S/C17H11BrN4S/c18-13-8-6-12(7-9-13)16-11-23-17(20-16)15(10-19)22-21-14-4-2-1-3-5-14/h1-9,11,21H/b22-15-. The van der Waals surface area contributed by atoms with Crippen LogP contribution >= 0.6 is 27.3 Å². The Hall–Kier alpha value is -2.49. The highest BCUT2D eigenvalue weighted by Gasteiger charge is 2.10. The minimum absolute atomic E-state index is 0.266. The minimum atomic E-state index is 0.266. The van der Waals surface area contributed by atoms with Gasteiger partial charge >= 0.3 is 0 Å². The summed E-state index contributed by atoms with van der Waals surface area (Å²) in [7, 11) is 0. The lowest BCUT2D eigenvalue weighted by atomic mass is 10.2. The second-order valence-electron chi connectivity index (χ2n) is 4.59. The van der Waals surface area contributed by atoms with Gasteiger partial charge in [0.1, 0.15) is 6.07 Å². The van der Waals surface area contributed by atoms with Gasteiger partial charge in [0.25, 0.3) is 0 Å². The van der Waals surface area contributed by atoms with Crippen molar-refractivity contribution in [2.45, 2.75) is 0 Å². The van der Waals surface area contributed by atoms with Crippen molar-refractivity contribution in [3.63, 3.8) is 0 Å². The molecule has 0 saturated heterocycles. The molecule has 0 radical (unpaired) electrons. The molecule has 1 aromatic heterocycles. The van der Waals surface area contributed by atoms with E-state index in [1.165, 1.54) is 11.3 Å². The predicted octanol–water partition coefficient (Wildman–Crippen LogP) is 4.91. The van der Waals surface area contributed by atoms with E-state index >= 15 is 0 Å². The van der Waals surface area contributed by atoms with Gasteiger partial charge in [-0.1, -0.05) is 46.3 Å². The molecule has 0 saturated carbocycles. The van der Waals surface area contributed by atoms with Crippen LogP contribution in [0.2, 0.25) is 0 Å². The number of hydrazone groups is 1. The number of hydrogen-bond acceptors (Lipinski definition) is 5. The molecule has 1 heterocycles. The third kappa shape index (κ3) is 3.83. The number of anilines is 1. The largest absolute Gasteiger partial charge is 0.277 e. The number of hydrogen-bond donors (Lipinski definition) is 1. The number of nitrogens with one attached hydrogen (secondary N) is 1. The molecule has 112 valence electrons. The Balaban J connectivity index is 1.83. The molecular formula is C17H11BrN4S. The van der Waals surface area contributed by atoms with Crippen molar-refractivity contribution >= 4 is 38.7 Å². The second-order valence-corrected chi connectivity index (χ2v) is 6.37. The molecule has 23 heavy (non-hydrogen) atoms. The quantitative estimate of drug-likeness (QED) is 0.514. The highest BCUT2D eigenvalue weighted by atomic mass is 79.9. The van der Waals surface area contributed by atoms with E-state index < -0.39 is 0 Å². The van der Waals surface area contributed by atoms with Gasteiger partial charge in [0, 0.05) is 15.4 Å². The number of rotatable bonds is 4. The van der Waals surface area contributed by atoms with Crippen molar-refractivity contribution in [3.8, 4) is 17.3 Å². The smallest absolute Gasteiger partial charge is 0.196 e. The monoisotopic (exact) mass is 382 g/mol. The first-order valence-corrected chi connectivity index (χ1v) is 8.44. The SMILES string of the molecule is N#C/C(=N/Nc1ccccc1)c1nc(-c2ccc(Br)cc2)cs1. The molecular weight excluding hydrogens is 372 g/mol. The molecule has 2 aromatic carbocycles. The van der Waals surface area contributed by atoms with Crippen molar-refractivity contribution in [1.29, 1.82) is 5.26 Å². The molecule has 0 aliphatic heterocycles. The van der Waals surface area contributed by atoms with E-state index in [-0.39, 0.29) is 5.71 Å². The van der Waals surface area contributed by atoms with Crippen LogP contribution in [-0.4, -0.2) is 10.7 Å². The molecule has 0 spiro atoms. The summed E-state index contributed by atoms with van der Waals surface area (Å²) >= 11 is 4.81. The Kier molecular flexibility index (Phi) is 4.81. The number of benzene rings is 2. The van der Waals surface area contributed by atoms with E-state index in [0.717, 1.165) is 21.4 Å². The molecule has 0 bridgehead atoms. The zero-order valence-corrected chi connectivity index (χ0v) is 14.3. The van der Waals surface area contributed by atoms with Crippen LogP contribution in [0.3, 0.4) is 0 Å². The summed E-state index contributed by atoms with van der Waals surface area (Å²) in [6.07, 6.45) is 0. The fraction of sp³-hybridized carbons (Fsp3) is 0. The van der Waals surface area contributed by atoms with Crippen molar-refractivity contribution in [2.75, 3.05) is 5.43 Å². The fourth-order valence-electron chi connectivity index (χ4n) is 1.89. The van der Waals surface area contributed by atoms with Gasteiger partial charge in [-0.25, -0.2) is 4.98 Å². The first-order valence-electron chi connectivity index (χ1n) is 6.77. The molecule has 4 nitrogen and oxygen atoms in total. The van der Waals surface area contributed by atoms with Crippen molar-refractivity contribution in [1.82, 2.24) is 4.98 Å². The van der Waals surface area contributed by atoms with Gasteiger partial charge in [-0.2, -0.15) is 10.4 Å². The van der Waals surface area contributed by atoms with E-state index in [2.05, 4.69) is 37.5 Å². The molecule has 0 amide bonds. The number of thiazole rings is 1. The van der Waals surface area contributed by atoms with Crippen LogP contribution in [0.25, 0.3) is 11.3 Å². The van der Waals surface area contributed by atoms with E-state index in [1.54, 1.807) is 0 Å². The van der Waals surface area contributed by atoms with Crippen LogP contribution in [-0.2, 0) is 0 Å². The Morgan fingerprint density at radius 1 is 1.13 bits per heavy atom. The zero-order chi connectivity index (χ0) is 16.1. The van der Waals surface area contributed by atoms with Crippen LogP contribution in [0.15, 0.2) is 69.6 Å². The summed E-state index contributed by atoms with van der Waals surface area (Å²) in [5.74, 6) is 0. The topological polar surface area (TPSA) is 61.1 Å². The van der Waals surface area contributed by atoms with Crippen LogP contribution in [0.1, 0.15) is 5.01 Å². The molecule has 0 fully saturated rings. The van der Waals surface area contributed by atoms with Gasteiger partial charge in [-0.15, -0.1) is 11.3 Å². The van der Waals surface area contributed by atoms with Gasteiger partial charge < -0.3 is 0 Å². The molecule has 6 heteroatoms. The summed E-state index contributed by atoms with van der Waals surface area (Å²) in [4.78, 5) is 4.50. The Labute approximate surface area is 146 Å². The summed E-state index contributed by atoms with van der Waals surface area (Å²) < 4.78 is 1.02. The molecule has 3 rings (SSSR count). The third-order valence-electron chi connectivity index (χ3n) is 3.02. The Bertz CT molecular complexity index is 864. The second kappa shape index (κ2) is 7.18. The van der Waals surface area contributed by atoms with Gasteiger partial charge in [-0.3, -0.25) is 5.43 Å². The normalized spacial score (nSPS) is 11.0. The van der Waals surface area contributed by atoms with Crippen LogP contribution < -0.4 is 5.43 Å². The summed E-state index contributed by atoms with van der Waals surface area (Å²) in [5, 5.41) is 16.0. The van der Waals surface area contributed by atoms with Gasteiger partial charge in [0.15, 0.2) is 10.7 Å². The van der Waals surface area contributed by atoms with E-state index in [9.17, 15) is 5.26 Å². The van der Waals surface area contributed by atoms with E-state index in [0.29, 0.717) is 5.01 Å². The summed E-state index contributed by atoms with van der Waals surface area (Å²) in [6, 6.07) is 19.5. The average molecular weight is 383 g/mol. The van der Waals surface area contributed by atoms with Crippen molar-refractivity contribution in [2.24, 2.45) is 5.10 Å². The first-order chi connectivity index (χ1) is 11.3. The van der Waals surface area contributed by atoms with Crippen molar-refractivity contribution < 1.29 is 0 Å². The average Bonchev–Trinajstić information content (AvgIpc) is 3.07. The lowest BCUT2D eigenvalue weighted by Crippen LogP contribution is -2.01. The van der Waals surface area contributed by atoms with Crippen LogP contribution in [0, 0.1) is 11.3 Å². The predicted molar refractivity (Wildman–Crippen MR) is 97.5 cm³/mol. The third-order valence-corrected chi connectivity index (χ3v) is 4.40. The zero-order valence-electron chi connectivity index (χ0n) is 11.9. The first kappa shape index (κ1) is 15.4. The number of halogens is 1. The lowest BCUT2D eigenvalue weighted by Gasteiger charge is -1.99. The molecule has 1 N–H and O–H groups in total. The van der Waals surface area contributed by atoms with Gasteiger partial charge in [0.2, 0.25) is 0 Å². The maximum atomic E-state index is 9.31. The number of nitrogens with zero attached hydrogens (tertiary/aromatic N) is 3.